The maximum atomic E-state index is 12.0. The Morgan fingerprint density at radius 3 is 2.38 bits per heavy atom. The zero-order chi connectivity index (χ0) is 18.4. The second kappa shape index (κ2) is 8.51. The molecule has 1 aliphatic carbocycles. The number of carbonyl (C=O) groups excluding carboxylic acids is 2. The molecule has 1 amide bonds. The first-order valence-electron chi connectivity index (χ1n) is 8.47. The van der Waals surface area contributed by atoms with Gasteiger partial charge in [-0.25, -0.2) is 9.59 Å². The Labute approximate surface area is 145 Å². The van der Waals surface area contributed by atoms with Crippen LogP contribution in [0.3, 0.4) is 0 Å². The van der Waals surface area contributed by atoms with Crippen molar-refractivity contribution < 1.29 is 19.1 Å². The minimum absolute atomic E-state index is 0.0345. The lowest BCUT2D eigenvalue weighted by molar-refractivity contribution is -0.139. The van der Waals surface area contributed by atoms with Crippen molar-refractivity contribution in [2.75, 3.05) is 26.8 Å². The summed E-state index contributed by atoms with van der Waals surface area (Å²) in [4.78, 5) is 23.2. The lowest BCUT2D eigenvalue weighted by Gasteiger charge is -2.46. The van der Waals surface area contributed by atoms with Crippen molar-refractivity contribution in [3.05, 3.63) is 12.2 Å². The van der Waals surface area contributed by atoms with Gasteiger partial charge in [0, 0.05) is 18.2 Å². The SMILES string of the molecule is C=C(C)C(=O)OCCOC(=O)NC1CC(C)(C)CC(C)(CNC)C1. The Balaban J connectivity index is 2.42. The minimum atomic E-state index is -0.476. The van der Waals surface area contributed by atoms with Crippen LogP contribution < -0.4 is 10.6 Å². The van der Waals surface area contributed by atoms with Crippen LogP contribution in [-0.2, 0) is 14.3 Å². The molecule has 2 atom stereocenters. The number of amides is 1. The second-order valence-corrected chi connectivity index (χ2v) is 7.98. The first-order valence-corrected chi connectivity index (χ1v) is 8.47. The molecule has 6 nitrogen and oxygen atoms in total. The van der Waals surface area contributed by atoms with E-state index in [1.165, 1.54) is 0 Å². The first-order chi connectivity index (χ1) is 11.1. The largest absolute Gasteiger partial charge is 0.459 e. The van der Waals surface area contributed by atoms with Gasteiger partial charge in [0.25, 0.3) is 0 Å². The van der Waals surface area contributed by atoms with E-state index in [1.807, 2.05) is 7.05 Å². The van der Waals surface area contributed by atoms with Crippen LogP contribution in [0, 0.1) is 10.8 Å². The molecule has 0 aromatic carbocycles. The van der Waals surface area contributed by atoms with Crippen molar-refractivity contribution in [1.82, 2.24) is 10.6 Å². The number of rotatable bonds is 7. The highest BCUT2D eigenvalue weighted by Crippen LogP contribution is 2.45. The number of carbonyl (C=O) groups is 2. The highest BCUT2D eigenvalue weighted by Gasteiger charge is 2.41. The monoisotopic (exact) mass is 340 g/mol. The van der Waals surface area contributed by atoms with Gasteiger partial charge in [0.1, 0.15) is 13.2 Å². The van der Waals surface area contributed by atoms with Gasteiger partial charge in [0.2, 0.25) is 0 Å². The van der Waals surface area contributed by atoms with Crippen LogP contribution in [0.1, 0.15) is 47.0 Å². The standard InChI is InChI=1S/C18H32N2O4/c1-13(2)15(21)23-7-8-24-16(22)20-14-9-17(3,4)11-18(5,10-14)12-19-6/h14,19H,1,7-12H2,2-6H3,(H,20,22). The van der Waals surface area contributed by atoms with E-state index in [0.29, 0.717) is 5.57 Å². The Hall–Kier alpha value is -1.56. The van der Waals surface area contributed by atoms with Crippen molar-refractivity contribution in [3.8, 4) is 0 Å². The maximum Gasteiger partial charge on any atom is 0.407 e. The van der Waals surface area contributed by atoms with Crippen LogP contribution in [0.25, 0.3) is 0 Å². The van der Waals surface area contributed by atoms with Crippen molar-refractivity contribution in [2.24, 2.45) is 10.8 Å². The highest BCUT2D eigenvalue weighted by atomic mass is 16.6. The molecule has 6 heteroatoms. The fourth-order valence-corrected chi connectivity index (χ4v) is 3.90. The molecule has 0 spiro atoms. The van der Waals surface area contributed by atoms with Crippen molar-refractivity contribution in [3.63, 3.8) is 0 Å². The molecule has 138 valence electrons. The summed E-state index contributed by atoms with van der Waals surface area (Å²) in [6.07, 6.45) is 2.49. The predicted octanol–water partition coefficient (Wildman–Crippen LogP) is 2.64. The molecular weight excluding hydrogens is 308 g/mol. The average molecular weight is 340 g/mol. The van der Waals surface area contributed by atoms with Crippen LogP contribution in [0.4, 0.5) is 4.79 Å². The van der Waals surface area contributed by atoms with E-state index in [-0.39, 0.29) is 30.1 Å². The Morgan fingerprint density at radius 1 is 1.17 bits per heavy atom. The molecule has 0 aromatic rings. The topological polar surface area (TPSA) is 76.7 Å². The minimum Gasteiger partial charge on any atom is -0.459 e. The molecular formula is C18H32N2O4. The van der Waals surface area contributed by atoms with Gasteiger partial charge in [-0.15, -0.1) is 0 Å². The van der Waals surface area contributed by atoms with Crippen LogP contribution in [0.15, 0.2) is 12.2 Å². The van der Waals surface area contributed by atoms with E-state index in [1.54, 1.807) is 6.92 Å². The molecule has 1 rings (SSSR count). The van der Waals surface area contributed by atoms with Gasteiger partial charge in [-0.2, -0.15) is 0 Å². The molecule has 1 aliphatic rings. The number of esters is 1. The van der Waals surface area contributed by atoms with Gasteiger partial charge in [-0.1, -0.05) is 27.4 Å². The fourth-order valence-electron chi connectivity index (χ4n) is 3.90. The second-order valence-electron chi connectivity index (χ2n) is 7.98. The average Bonchev–Trinajstić information content (AvgIpc) is 2.40. The Morgan fingerprint density at radius 2 is 1.79 bits per heavy atom. The van der Waals surface area contributed by atoms with Crippen LogP contribution in [-0.4, -0.2) is 44.9 Å². The van der Waals surface area contributed by atoms with Gasteiger partial charge >= 0.3 is 12.1 Å². The number of nitrogens with one attached hydrogen (secondary N) is 2. The summed E-state index contributed by atoms with van der Waals surface area (Å²) in [7, 11) is 1.95. The third-order valence-corrected chi connectivity index (χ3v) is 4.27. The normalized spacial score (nSPS) is 25.6. The molecule has 0 saturated heterocycles. The number of alkyl carbamates (subject to hydrolysis) is 1. The molecule has 1 fully saturated rings. The molecule has 24 heavy (non-hydrogen) atoms. The summed E-state index contributed by atoms with van der Waals surface area (Å²) >= 11 is 0. The lowest BCUT2D eigenvalue weighted by atomic mass is 9.62. The zero-order valence-corrected chi connectivity index (χ0v) is 15.7. The summed E-state index contributed by atoms with van der Waals surface area (Å²) < 4.78 is 9.99. The molecule has 0 bridgehead atoms. The molecule has 2 unspecified atom stereocenters. The van der Waals surface area contributed by atoms with Crippen LogP contribution in [0.5, 0.6) is 0 Å². The maximum absolute atomic E-state index is 12.0. The number of hydrogen-bond donors (Lipinski definition) is 2. The third-order valence-electron chi connectivity index (χ3n) is 4.27. The van der Waals surface area contributed by atoms with E-state index in [0.717, 1.165) is 25.8 Å². The lowest BCUT2D eigenvalue weighted by Crippen LogP contribution is -2.49. The molecule has 0 radical (unpaired) electrons. The molecule has 0 aromatic heterocycles. The van der Waals surface area contributed by atoms with E-state index >= 15 is 0 Å². The van der Waals surface area contributed by atoms with Gasteiger partial charge in [-0.3, -0.25) is 0 Å². The summed E-state index contributed by atoms with van der Waals surface area (Å²) in [5, 5.41) is 6.20. The summed E-state index contributed by atoms with van der Waals surface area (Å²) in [5.74, 6) is -0.476. The molecule has 1 saturated carbocycles. The Kier molecular flexibility index (Phi) is 7.27. The van der Waals surface area contributed by atoms with Crippen molar-refractivity contribution in [1.29, 1.82) is 0 Å². The summed E-state index contributed by atoms with van der Waals surface area (Å²) in [6, 6.07) is 0.0811. The van der Waals surface area contributed by atoms with Crippen LogP contribution in [0.2, 0.25) is 0 Å². The molecule has 0 aliphatic heterocycles. The summed E-state index contributed by atoms with van der Waals surface area (Å²) in [5.41, 5.74) is 0.636. The number of ether oxygens (including phenoxy) is 2. The molecule has 2 N–H and O–H groups in total. The Bertz CT molecular complexity index is 476. The highest BCUT2D eigenvalue weighted by molar-refractivity contribution is 5.86. The number of hydrogen-bond acceptors (Lipinski definition) is 5. The van der Waals surface area contributed by atoms with Gasteiger partial charge < -0.3 is 20.1 Å². The predicted molar refractivity (Wildman–Crippen MR) is 93.7 cm³/mol. The van der Waals surface area contributed by atoms with Gasteiger partial charge in [0.05, 0.1) is 0 Å². The van der Waals surface area contributed by atoms with Crippen molar-refractivity contribution >= 4 is 12.1 Å². The quantitative estimate of drug-likeness (QED) is 0.423. The third kappa shape index (κ3) is 6.91. The zero-order valence-electron chi connectivity index (χ0n) is 15.7. The smallest absolute Gasteiger partial charge is 0.407 e. The summed E-state index contributed by atoms with van der Waals surface area (Å²) in [6.45, 7) is 12.8. The van der Waals surface area contributed by atoms with E-state index in [2.05, 4.69) is 38.0 Å². The van der Waals surface area contributed by atoms with E-state index < -0.39 is 12.1 Å². The van der Waals surface area contributed by atoms with Crippen LogP contribution >= 0.6 is 0 Å². The van der Waals surface area contributed by atoms with Crippen molar-refractivity contribution in [2.45, 2.75) is 53.0 Å². The first kappa shape index (κ1) is 20.5. The van der Waals surface area contributed by atoms with Gasteiger partial charge in [0.15, 0.2) is 0 Å². The molecule has 0 heterocycles. The van der Waals surface area contributed by atoms with E-state index in [9.17, 15) is 9.59 Å². The fraction of sp³-hybridized carbons (Fsp3) is 0.778. The van der Waals surface area contributed by atoms with Gasteiger partial charge in [-0.05, 0) is 44.1 Å². The van der Waals surface area contributed by atoms with E-state index in [4.69, 9.17) is 9.47 Å².